The van der Waals surface area contributed by atoms with Gasteiger partial charge in [0.15, 0.2) is 0 Å². The number of hydrogen-bond acceptors (Lipinski definition) is 4. The van der Waals surface area contributed by atoms with Crippen LogP contribution in [0, 0.1) is 0 Å². The molecule has 0 fully saturated rings. The minimum Gasteiger partial charge on any atom is -0.389 e. The van der Waals surface area contributed by atoms with E-state index in [1.165, 1.54) is 0 Å². The van der Waals surface area contributed by atoms with Gasteiger partial charge in [-0.2, -0.15) is 11.8 Å². The van der Waals surface area contributed by atoms with Crippen LogP contribution in [-0.4, -0.2) is 27.5 Å². The second-order valence-electron chi connectivity index (χ2n) is 4.11. The first kappa shape index (κ1) is 13.3. The number of pyridine rings is 1. The lowest BCUT2D eigenvalue weighted by molar-refractivity contribution is 0.750. The molecule has 88 valence electrons. The Morgan fingerprint density at radius 2 is 2.31 bits per heavy atom. The summed E-state index contributed by atoms with van der Waals surface area (Å²) in [6.45, 7) is 5.21. The van der Waals surface area contributed by atoms with Gasteiger partial charge in [-0.15, -0.1) is 0 Å². The van der Waals surface area contributed by atoms with E-state index < -0.39 is 0 Å². The van der Waals surface area contributed by atoms with Gasteiger partial charge in [-0.25, -0.2) is 4.98 Å². The summed E-state index contributed by atoms with van der Waals surface area (Å²) in [6, 6.07) is 3.69. The van der Waals surface area contributed by atoms with Crippen LogP contribution in [0.25, 0.3) is 0 Å². The van der Waals surface area contributed by atoms with E-state index in [4.69, 9.17) is 18.0 Å². The monoisotopic (exact) mass is 255 g/mol. The van der Waals surface area contributed by atoms with Crippen molar-refractivity contribution in [2.75, 3.05) is 18.1 Å². The van der Waals surface area contributed by atoms with Gasteiger partial charge in [0.05, 0.1) is 0 Å². The van der Waals surface area contributed by atoms with Crippen LogP contribution in [0.1, 0.15) is 19.4 Å². The first-order valence-corrected chi connectivity index (χ1v) is 6.63. The van der Waals surface area contributed by atoms with Gasteiger partial charge in [0.25, 0.3) is 0 Å². The van der Waals surface area contributed by atoms with Crippen LogP contribution in [0.5, 0.6) is 0 Å². The highest BCUT2D eigenvalue weighted by Crippen LogP contribution is 2.21. The lowest BCUT2D eigenvalue weighted by atomic mass is 10.2. The molecule has 0 atom stereocenters. The van der Waals surface area contributed by atoms with Crippen molar-refractivity contribution in [3.05, 3.63) is 23.9 Å². The summed E-state index contributed by atoms with van der Waals surface area (Å²) in [6.07, 6.45) is 3.81. The Morgan fingerprint density at radius 1 is 1.62 bits per heavy atom. The van der Waals surface area contributed by atoms with E-state index in [9.17, 15) is 0 Å². The first-order valence-electron chi connectivity index (χ1n) is 4.99. The van der Waals surface area contributed by atoms with Crippen LogP contribution in [-0.2, 0) is 0 Å². The fraction of sp³-hybridized carbons (Fsp3) is 0.455. The van der Waals surface area contributed by atoms with Gasteiger partial charge in [0.2, 0.25) is 0 Å². The lowest BCUT2D eigenvalue weighted by Gasteiger charge is -2.22. The molecule has 3 nitrogen and oxygen atoms in total. The van der Waals surface area contributed by atoms with Crippen LogP contribution in [0.15, 0.2) is 18.3 Å². The number of thiocarbonyl (C=S) groups is 1. The maximum Gasteiger partial charge on any atom is 0.126 e. The van der Waals surface area contributed by atoms with Crippen molar-refractivity contribution < 1.29 is 0 Å². The number of hydrogen-bond donors (Lipinski definition) is 2. The molecule has 1 rings (SSSR count). The molecule has 0 aliphatic heterocycles. The summed E-state index contributed by atoms with van der Waals surface area (Å²) in [5.74, 6) is 0.812. The molecular formula is C11H17N3S2. The van der Waals surface area contributed by atoms with E-state index in [1.54, 1.807) is 6.20 Å². The standard InChI is InChI=1S/C11H17N3S2/c1-11(2,16-3)7-14-9-6-8(10(12)15)4-5-13-9/h4-6H,7H2,1-3H3,(H2,12,15)(H,13,14). The van der Waals surface area contributed by atoms with Crippen molar-refractivity contribution in [3.8, 4) is 0 Å². The highest BCUT2D eigenvalue weighted by molar-refractivity contribution is 7.99. The molecule has 3 N–H and O–H groups in total. The molecule has 5 heteroatoms. The molecular weight excluding hydrogens is 238 g/mol. The fourth-order valence-corrected chi connectivity index (χ4v) is 1.40. The summed E-state index contributed by atoms with van der Waals surface area (Å²) in [5.41, 5.74) is 6.40. The molecule has 0 aromatic carbocycles. The van der Waals surface area contributed by atoms with E-state index in [1.807, 2.05) is 23.9 Å². The predicted molar refractivity (Wildman–Crippen MR) is 76.2 cm³/mol. The van der Waals surface area contributed by atoms with Gasteiger partial charge in [-0.05, 0) is 32.2 Å². The average molecular weight is 255 g/mol. The third-order valence-electron chi connectivity index (χ3n) is 2.29. The van der Waals surface area contributed by atoms with Crippen molar-refractivity contribution >= 4 is 34.8 Å². The Bertz CT molecular complexity index is 377. The van der Waals surface area contributed by atoms with Crippen molar-refractivity contribution in [2.45, 2.75) is 18.6 Å². The molecule has 0 amide bonds. The Balaban J connectivity index is 2.68. The maximum atomic E-state index is 5.56. The zero-order valence-corrected chi connectivity index (χ0v) is 11.4. The quantitative estimate of drug-likeness (QED) is 0.791. The van der Waals surface area contributed by atoms with Gasteiger partial charge in [0, 0.05) is 23.1 Å². The molecule has 0 unspecified atom stereocenters. The normalized spacial score (nSPS) is 11.2. The number of anilines is 1. The SMILES string of the molecule is CSC(C)(C)CNc1cc(C(N)=S)ccn1. The maximum absolute atomic E-state index is 5.56. The van der Waals surface area contributed by atoms with Crippen LogP contribution in [0.2, 0.25) is 0 Å². The van der Waals surface area contributed by atoms with Gasteiger partial charge >= 0.3 is 0 Å². The largest absolute Gasteiger partial charge is 0.389 e. The third kappa shape index (κ3) is 3.98. The number of rotatable bonds is 5. The average Bonchev–Trinajstić information content (AvgIpc) is 2.27. The highest BCUT2D eigenvalue weighted by Gasteiger charge is 2.15. The second kappa shape index (κ2) is 5.50. The van der Waals surface area contributed by atoms with Crippen molar-refractivity contribution in [2.24, 2.45) is 5.73 Å². The van der Waals surface area contributed by atoms with Crippen molar-refractivity contribution in [1.29, 1.82) is 0 Å². The molecule has 0 saturated carbocycles. The van der Waals surface area contributed by atoms with Crippen LogP contribution < -0.4 is 11.1 Å². The number of thioether (sulfide) groups is 1. The van der Waals surface area contributed by atoms with Gasteiger partial charge in [-0.1, -0.05) is 12.2 Å². The number of aromatic nitrogens is 1. The smallest absolute Gasteiger partial charge is 0.126 e. The molecule has 0 radical (unpaired) electrons. The van der Waals surface area contributed by atoms with Crippen LogP contribution in [0.3, 0.4) is 0 Å². The van der Waals surface area contributed by atoms with E-state index in [-0.39, 0.29) is 4.75 Å². The lowest BCUT2D eigenvalue weighted by Crippen LogP contribution is -2.26. The molecule has 0 saturated heterocycles. The Morgan fingerprint density at radius 3 is 2.88 bits per heavy atom. The molecule has 0 aliphatic carbocycles. The molecule has 0 spiro atoms. The zero-order valence-electron chi connectivity index (χ0n) is 9.78. The summed E-state index contributed by atoms with van der Waals surface area (Å²) in [4.78, 5) is 4.62. The zero-order chi connectivity index (χ0) is 12.2. The summed E-state index contributed by atoms with van der Waals surface area (Å²) in [5, 5.41) is 3.28. The summed E-state index contributed by atoms with van der Waals surface area (Å²) < 4.78 is 0.181. The van der Waals surface area contributed by atoms with Crippen LogP contribution in [0.4, 0.5) is 5.82 Å². The van der Waals surface area contributed by atoms with Crippen molar-refractivity contribution in [3.63, 3.8) is 0 Å². The number of nitrogens with zero attached hydrogens (tertiary/aromatic N) is 1. The Labute approximate surface area is 106 Å². The molecule has 0 aliphatic rings. The van der Waals surface area contributed by atoms with Gasteiger partial charge in [-0.3, -0.25) is 0 Å². The third-order valence-corrected chi connectivity index (χ3v) is 3.78. The van der Waals surface area contributed by atoms with Gasteiger partial charge in [0.1, 0.15) is 10.8 Å². The summed E-state index contributed by atoms with van der Waals surface area (Å²) >= 11 is 6.74. The topological polar surface area (TPSA) is 50.9 Å². The minimum atomic E-state index is 0.181. The Hall–Kier alpha value is -0.810. The minimum absolute atomic E-state index is 0.181. The predicted octanol–water partition coefficient (Wildman–Crippen LogP) is 2.27. The summed E-state index contributed by atoms with van der Waals surface area (Å²) in [7, 11) is 0. The first-order chi connectivity index (χ1) is 7.44. The Kier molecular flexibility index (Phi) is 4.56. The number of nitrogens with two attached hydrogens (primary N) is 1. The fourth-order valence-electron chi connectivity index (χ4n) is 1.06. The molecule has 1 heterocycles. The van der Waals surface area contributed by atoms with E-state index in [2.05, 4.69) is 30.4 Å². The van der Waals surface area contributed by atoms with Gasteiger partial charge < -0.3 is 11.1 Å². The highest BCUT2D eigenvalue weighted by atomic mass is 32.2. The molecule has 1 aromatic heterocycles. The van der Waals surface area contributed by atoms with E-state index >= 15 is 0 Å². The van der Waals surface area contributed by atoms with Crippen LogP contribution >= 0.6 is 24.0 Å². The second-order valence-corrected chi connectivity index (χ2v) is 6.06. The van der Waals surface area contributed by atoms with Crippen molar-refractivity contribution in [1.82, 2.24) is 4.98 Å². The number of nitrogens with one attached hydrogen (secondary N) is 1. The van der Waals surface area contributed by atoms with E-state index in [0.717, 1.165) is 17.9 Å². The van der Waals surface area contributed by atoms with E-state index in [0.29, 0.717) is 4.99 Å². The molecule has 0 bridgehead atoms. The molecule has 16 heavy (non-hydrogen) atoms. The molecule has 1 aromatic rings.